The molecular weight excluding hydrogens is 579 g/mol. The smallest absolute Gasteiger partial charge is 0.0725 e. The minimum atomic E-state index is -0.359. The van der Waals surface area contributed by atoms with Gasteiger partial charge in [-0.3, -0.25) is 0 Å². The summed E-state index contributed by atoms with van der Waals surface area (Å²) in [5.41, 5.74) is 16.2. The number of hydrogen-bond donors (Lipinski definition) is 0. The Hall–Kier alpha value is -6.18. The molecule has 48 heavy (non-hydrogen) atoms. The van der Waals surface area contributed by atoms with E-state index in [-0.39, 0.29) is 5.41 Å². The maximum absolute atomic E-state index is 2.49. The van der Waals surface area contributed by atoms with Crippen molar-refractivity contribution < 1.29 is 0 Å². The highest BCUT2D eigenvalue weighted by Gasteiger charge is 2.51. The van der Waals surface area contributed by atoms with Gasteiger partial charge in [-0.25, -0.2) is 0 Å². The molecule has 1 nitrogen and oxygen atoms in total. The first-order valence-electron chi connectivity index (χ1n) is 16.7. The fourth-order valence-electron chi connectivity index (χ4n) is 8.50. The fraction of sp³-hybridized carbons (Fsp3) is 0.0213. The van der Waals surface area contributed by atoms with Gasteiger partial charge in [0.25, 0.3) is 0 Å². The summed E-state index contributed by atoms with van der Waals surface area (Å²) in [5, 5.41) is 2.48. The third-order valence-electron chi connectivity index (χ3n) is 10.4. The fourth-order valence-corrected chi connectivity index (χ4v) is 8.50. The lowest BCUT2D eigenvalue weighted by molar-refractivity contribution is 0.795. The number of para-hydroxylation sites is 2. The predicted molar refractivity (Wildman–Crippen MR) is 200 cm³/mol. The Balaban J connectivity index is 1.23. The minimum Gasteiger partial charge on any atom is -0.310 e. The summed E-state index contributed by atoms with van der Waals surface area (Å²) < 4.78 is 0. The Morgan fingerprint density at radius 2 is 0.833 bits per heavy atom. The van der Waals surface area contributed by atoms with Crippen molar-refractivity contribution >= 4 is 27.8 Å². The van der Waals surface area contributed by atoms with Crippen LogP contribution >= 0.6 is 0 Å². The molecule has 0 unspecified atom stereocenters. The van der Waals surface area contributed by atoms with E-state index in [0.29, 0.717) is 0 Å². The van der Waals surface area contributed by atoms with Crippen LogP contribution in [-0.2, 0) is 5.41 Å². The van der Waals surface area contributed by atoms with Crippen LogP contribution in [0.2, 0.25) is 0 Å². The summed E-state index contributed by atoms with van der Waals surface area (Å²) >= 11 is 0. The lowest BCUT2D eigenvalue weighted by Crippen LogP contribution is -2.25. The van der Waals surface area contributed by atoms with Gasteiger partial charge in [-0.1, -0.05) is 146 Å². The number of benzene rings is 8. The van der Waals surface area contributed by atoms with Crippen LogP contribution in [0.1, 0.15) is 22.3 Å². The highest BCUT2D eigenvalue weighted by atomic mass is 15.1. The zero-order chi connectivity index (χ0) is 31.7. The Morgan fingerprint density at radius 1 is 0.312 bits per heavy atom. The first-order chi connectivity index (χ1) is 23.8. The molecule has 2 aliphatic rings. The molecule has 224 valence electrons. The van der Waals surface area contributed by atoms with E-state index in [1.54, 1.807) is 0 Å². The van der Waals surface area contributed by atoms with Crippen molar-refractivity contribution in [2.75, 3.05) is 4.90 Å². The highest BCUT2D eigenvalue weighted by molar-refractivity contribution is 6.01. The van der Waals surface area contributed by atoms with Crippen molar-refractivity contribution in [1.29, 1.82) is 0 Å². The van der Waals surface area contributed by atoms with Gasteiger partial charge in [-0.2, -0.15) is 0 Å². The van der Waals surface area contributed by atoms with E-state index in [1.165, 1.54) is 66.4 Å². The molecule has 0 radical (unpaired) electrons. The van der Waals surface area contributed by atoms with Crippen molar-refractivity contribution in [3.63, 3.8) is 0 Å². The number of fused-ring (bicyclic) bond motifs is 11. The van der Waals surface area contributed by atoms with Crippen molar-refractivity contribution in [2.45, 2.75) is 5.41 Å². The molecule has 0 aromatic heterocycles. The molecule has 8 aromatic carbocycles. The Morgan fingerprint density at radius 3 is 1.48 bits per heavy atom. The Labute approximate surface area is 281 Å². The van der Waals surface area contributed by atoms with Crippen LogP contribution in [0.4, 0.5) is 17.1 Å². The van der Waals surface area contributed by atoms with Gasteiger partial charge < -0.3 is 4.90 Å². The maximum Gasteiger partial charge on any atom is 0.0725 e. The summed E-state index contributed by atoms with van der Waals surface area (Å²) in [6.45, 7) is 0. The van der Waals surface area contributed by atoms with Gasteiger partial charge in [0.2, 0.25) is 0 Å². The number of nitrogens with zero attached hydrogens (tertiary/aromatic N) is 1. The van der Waals surface area contributed by atoms with Crippen LogP contribution in [0.3, 0.4) is 0 Å². The standard InChI is InChI=1S/C47H31N/c1-3-15-32(16-4-1)37-19-10-14-26-46(37)48(35-17-5-2-6-18-35)36-28-27-33-30-41-40-22-9-13-25-44(40)47(45(41)31-34(33)29-36)42-23-11-7-20-38(42)39-21-8-12-24-43(39)47/h1-31H. The molecule has 1 spiro atoms. The molecule has 8 aromatic rings. The van der Waals surface area contributed by atoms with Crippen molar-refractivity contribution in [3.8, 4) is 33.4 Å². The molecule has 0 bridgehead atoms. The van der Waals surface area contributed by atoms with Gasteiger partial charge in [-0.15, -0.1) is 0 Å². The van der Waals surface area contributed by atoms with Gasteiger partial charge in [0.15, 0.2) is 0 Å². The third kappa shape index (κ3) is 3.73. The quantitative estimate of drug-likeness (QED) is 0.192. The molecule has 0 fully saturated rings. The second-order valence-electron chi connectivity index (χ2n) is 12.9. The molecule has 0 amide bonds. The molecule has 0 aliphatic heterocycles. The molecule has 0 heterocycles. The van der Waals surface area contributed by atoms with Crippen LogP contribution < -0.4 is 4.90 Å². The van der Waals surface area contributed by atoms with Crippen LogP contribution in [0.25, 0.3) is 44.2 Å². The highest BCUT2D eigenvalue weighted by Crippen LogP contribution is 2.63. The van der Waals surface area contributed by atoms with E-state index in [1.807, 2.05) is 0 Å². The van der Waals surface area contributed by atoms with Crippen molar-refractivity contribution in [1.82, 2.24) is 0 Å². The zero-order valence-corrected chi connectivity index (χ0v) is 26.3. The first-order valence-corrected chi connectivity index (χ1v) is 16.7. The summed E-state index contributed by atoms with van der Waals surface area (Å²) in [4.78, 5) is 2.40. The summed E-state index contributed by atoms with van der Waals surface area (Å²) in [6.07, 6.45) is 0. The van der Waals surface area contributed by atoms with Crippen molar-refractivity contribution in [2.24, 2.45) is 0 Å². The normalized spacial score (nSPS) is 13.2. The molecule has 2 aliphatic carbocycles. The topological polar surface area (TPSA) is 3.24 Å². The minimum absolute atomic E-state index is 0.359. The summed E-state index contributed by atoms with van der Waals surface area (Å²) in [5.74, 6) is 0. The predicted octanol–water partition coefficient (Wildman–Crippen LogP) is 12.3. The first kappa shape index (κ1) is 27.0. The zero-order valence-electron chi connectivity index (χ0n) is 26.3. The van der Waals surface area contributed by atoms with Crippen LogP contribution in [-0.4, -0.2) is 0 Å². The third-order valence-corrected chi connectivity index (χ3v) is 10.4. The van der Waals surface area contributed by atoms with Gasteiger partial charge in [-0.05, 0) is 103 Å². The molecule has 0 saturated carbocycles. The maximum atomic E-state index is 2.49. The van der Waals surface area contributed by atoms with Gasteiger partial charge in [0.05, 0.1) is 11.1 Å². The monoisotopic (exact) mass is 609 g/mol. The van der Waals surface area contributed by atoms with E-state index in [4.69, 9.17) is 0 Å². The Kier molecular flexibility index (Phi) is 5.86. The SMILES string of the molecule is c1ccc(-c2ccccc2N(c2ccccc2)c2ccc3cc4c(cc3c2)C2(c3ccccc3-c3ccccc32)c2ccccc2-4)cc1. The molecule has 1 heteroatoms. The van der Waals surface area contributed by atoms with Gasteiger partial charge in [0, 0.05) is 16.9 Å². The lowest BCUT2D eigenvalue weighted by Gasteiger charge is -2.31. The second kappa shape index (κ2) is 10.4. The largest absolute Gasteiger partial charge is 0.310 e. The van der Waals surface area contributed by atoms with E-state index in [2.05, 4.69) is 193 Å². The Bertz CT molecular complexity index is 2470. The van der Waals surface area contributed by atoms with E-state index >= 15 is 0 Å². The number of hydrogen-bond acceptors (Lipinski definition) is 1. The molecular formula is C47H31N. The van der Waals surface area contributed by atoms with E-state index in [9.17, 15) is 0 Å². The average molecular weight is 610 g/mol. The molecule has 0 saturated heterocycles. The number of rotatable bonds is 4. The second-order valence-corrected chi connectivity index (χ2v) is 12.9. The molecule has 0 atom stereocenters. The van der Waals surface area contributed by atoms with Gasteiger partial charge in [0.1, 0.15) is 0 Å². The van der Waals surface area contributed by atoms with Gasteiger partial charge >= 0.3 is 0 Å². The summed E-state index contributed by atoms with van der Waals surface area (Å²) in [7, 11) is 0. The molecule has 0 N–H and O–H groups in total. The van der Waals surface area contributed by atoms with Crippen LogP contribution in [0, 0.1) is 0 Å². The van der Waals surface area contributed by atoms with Crippen LogP contribution in [0.15, 0.2) is 188 Å². The lowest BCUT2D eigenvalue weighted by atomic mass is 9.70. The van der Waals surface area contributed by atoms with E-state index < -0.39 is 0 Å². The average Bonchev–Trinajstić information content (AvgIpc) is 3.62. The number of anilines is 3. The van der Waals surface area contributed by atoms with Crippen molar-refractivity contribution in [3.05, 3.63) is 210 Å². The summed E-state index contributed by atoms with van der Waals surface area (Å²) in [6, 6.07) is 69.1. The van der Waals surface area contributed by atoms with E-state index in [0.717, 1.165) is 17.1 Å². The molecule has 10 rings (SSSR count). The van der Waals surface area contributed by atoms with Crippen LogP contribution in [0.5, 0.6) is 0 Å².